The molecule has 1 heterocycles. The van der Waals surface area contributed by atoms with Crippen molar-refractivity contribution in [2.24, 2.45) is 0 Å². The van der Waals surface area contributed by atoms with Gasteiger partial charge >= 0.3 is 0 Å². The number of nitrogens with one attached hydrogen (secondary N) is 2. The Morgan fingerprint density at radius 2 is 1.45 bits per heavy atom. The lowest BCUT2D eigenvalue weighted by Gasteiger charge is -2.16. The van der Waals surface area contributed by atoms with E-state index >= 15 is 0 Å². The predicted octanol–water partition coefficient (Wildman–Crippen LogP) is 5.12. The molecule has 2 N–H and O–H groups in total. The Kier molecular flexibility index (Phi) is 6.50. The SMILES string of the molecule is Cc1cccc(C)c1NC(=O)CNC(=O)Cc1c(C)nc2ccccc2c1-c1ccccc1. The molecular weight excluding hydrogens is 410 g/mol. The summed E-state index contributed by atoms with van der Waals surface area (Å²) >= 11 is 0. The molecule has 0 aliphatic rings. The fourth-order valence-electron chi connectivity index (χ4n) is 4.12. The number of amides is 2. The minimum Gasteiger partial charge on any atom is -0.347 e. The number of para-hydroxylation sites is 2. The maximum absolute atomic E-state index is 12.9. The second-order valence-corrected chi connectivity index (χ2v) is 8.20. The zero-order chi connectivity index (χ0) is 23.4. The van der Waals surface area contributed by atoms with Crippen molar-refractivity contribution in [3.63, 3.8) is 0 Å². The average Bonchev–Trinajstić information content (AvgIpc) is 2.81. The van der Waals surface area contributed by atoms with Gasteiger partial charge in [-0.1, -0.05) is 66.7 Å². The molecule has 4 rings (SSSR count). The maximum atomic E-state index is 12.9. The van der Waals surface area contributed by atoms with Gasteiger partial charge in [0.25, 0.3) is 0 Å². The van der Waals surface area contributed by atoms with E-state index in [1.807, 2.05) is 93.6 Å². The van der Waals surface area contributed by atoms with Gasteiger partial charge in [0.05, 0.1) is 18.5 Å². The van der Waals surface area contributed by atoms with Crippen LogP contribution >= 0.6 is 0 Å². The summed E-state index contributed by atoms with van der Waals surface area (Å²) in [4.78, 5) is 30.0. The van der Waals surface area contributed by atoms with E-state index in [0.29, 0.717) is 0 Å². The molecule has 0 unspecified atom stereocenters. The highest BCUT2D eigenvalue weighted by Gasteiger charge is 2.17. The lowest BCUT2D eigenvalue weighted by molar-refractivity contribution is -0.123. The van der Waals surface area contributed by atoms with Crippen LogP contribution in [0, 0.1) is 20.8 Å². The first-order valence-corrected chi connectivity index (χ1v) is 11.0. The fraction of sp³-hybridized carbons (Fsp3) is 0.179. The van der Waals surface area contributed by atoms with E-state index in [0.717, 1.165) is 50.1 Å². The summed E-state index contributed by atoms with van der Waals surface area (Å²) in [6, 6.07) is 23.8. The van der Waals surface area contributed by atoms with Crippen LogP contribution in [0.2, 0.25) is 0 Å². The third-order valence-electron chi connectivity index (χ3n) is 5.79. The monoisotopic (exact) mass is 437 g/mol. The molecule has 4 aromatic rings. The molecule has 3 aromatic carbocycles. The summed E-state index contributed by atoms with van der Waals surface area (Å²) in [5, 5.41) is 6.67. The van der Waals surface area contributed by atoms with Crippen LogP contribution < -0.4 is 10.6 Å². The van der Waals surface area contributed by atoms with Gasteiger partial charge in [0.2, 0.25) is 11.8 Å². The van der Waals surface area contributed by atoms with Crippen molar-refractivity contribution in [2.75, 3.05) is 11.9 Å². The number of carbonyl (C=O) groups excluding carboxylic acids is 2. The van der Waals surface area contributed by atoms with E-state index in [2.05, 4.69) is 10.6 Å². The van der Waals surface area contributed by atoms with Crippen molar-refractivity contribution >= 4 is 28.4 Å². The Hall–Kier alpha value is -3.99. The van der Waals surface area contributed by atoms with Crippen molar-refractivity contribution in [3.8, 4) is 11.1 Å². The first-order valence-electron chi connectivity index (χ1n) is 11.0. The number of aryl methyl sites for hydroxylation is 3. The summed E-state index contributed by atoms with van der Waals surface area (Å²) in [6.07, 6.45) is 0.143. The zero-order valence-corrected chi connectivity index (χ0v) is 19.1. The Bertz CT molecular complexity index is 1310. The lowest BCUT2D eigenvalue weighted by Crippen LogP contribution is -2.34. The molecule has 0 saturated heterocycles. The molecule has 0 saturated carbocycles. The molecule has 166 valence electrons. The van der Waals surface area contributed by atoms with Gasteiger partial charge in [-0.05, 0) is 54.7 Å². The van der Waals surface area contributed by atoms with Crippen LogP contribution in [0.25, 0.3) is 22.0 Å². The number of benzene rings is 3. The van der Waals surface area contributed by atoms with Crippen LogP contribution in [0.3, 0.4) is 0 Å². The molecular formula is C28H27N3O2. The maximum Gasteiger partial charge on any atom is 0.243 e. The number of anilines is 1. The minimum absolute atomic E-state index is 0.0899. The van der Waals surface area contributed by atoms with E-state index < -0.39 is 0 Å². The number of fused-ring (bicyclic) bond motifs is 1. The second kappa shape index (κ2) is 9.65. The van der Waals surface area contributed by atoms with E-state index in [-0.39, 0.29) is 24.8 Å². The molecule has 0 atom stereocenters. The molecule has 5 heteroatoms. The minimum atomic E-state index is -0.252. The third kappa shape index (κ3) is 4.93. The highest BCUT2D eigenvalue weighted by Crippen LogP contribution is 2.33. The molecule has 5 nitrogen and oxygen atoms in total. The Morgan fingerprint density at radius 3 is 2.18 bits per heavy atom. The van der Waals surface area contributed by atoms with Crippen LogP contribution in [0.15, 0.2) is 72.8 Å². The number of rotatable bonds is 6. The van der Waals surface area contributed by atoms with E-state index in [1.54, 1.807) is 0 Å². The second-order valence-electron chi connectivity index (χ2n) is 8.20. The third-order valence-corrected chi connectivity index (χ3v) is 5.79. The molecule has 0 fully saturated rings. The standard InChI is InChI=1S/C28H27N3O2/c1-18-10-9-11-19(2)28(18)31-26(33)17-29-25(32)16-23-20(3)30-24-15-8-7-14-22(24)27(23)21-12-5-4-6-13-21/h4-15H,16-17H2,1-3H3,(H,29,32)(H,31,33). The van der Waals surface area contributed by atoms with Gasteiger partial charge in [0, 0.05) is 16.8 Å². The van der Waals surface area contributed by atoms with Crippen LogP contribution in [0.4, 0.5) is 5.69 Å². The molecule has 0 radical (unpaired) electrons. The van der Waals surface area contributed by atoms with E-state index in [9.17, 15) is 9.59 Å². The molecule has 2 amide bonds. The van der Waals surface area contributed by atoms with Gasteiger partial charge < -0.3 is 10.6 Å². The van der Waals surface area contributed by atoms with Crippen LogP contribution in [0.5, 0.6) is 0 Å². The number of hydrogen-bond donors (Lipinski definition) is 2. The van der Waals surface area contributed by atoms with E-state index in [1.165, 1.54) is 0 Å². The molecule has 0 bridgehead atoms. The molecule has 0 spiro atoms. The van der Waals surface area contributed by atoms with Gasteiger partial charge in [-0.15, -0.1) is 0 Å². The fourth-order valence-corrected chi connectivity index (χ4v) is 4.12. The van der Waals surface area contributed by atoms with Gasteiger partial charge in [-0.25, -0.2) is 0 Å². The average molecular weight is 438 g/mol. The first kappa shape index (κ1) is 22.2. The van der Waals surface area contributed by atoms with Crippen LogP contribution in [0.1, 0.15) is 22.4 Å². The number of carbonyl (C=O) groups is 2. The van der Waals surface area contributed by atoms with Crippen molar-refractivity contribution in [2.45, 2.75) is 27.2 Å². The highest BCUT2D eigenvalue weighted by molar-refractivity contribution is 5.99. The van der Waals surface area contributed by atoms with Crippen molar-refractivity contribution in [3.05, 3.63) is 95.2 Å². The summed E-state index contributed by atoms with van der Waals surface area (Å²) in [6.45, 7) is 5.73. The van der Waals surface area contributed by atoms with Gasteiger partial charge in [-0.3, -0.25) is 14.6 Å². The Balaban J connectivity index is 1.55. The number of nitrogens with zero attached hydrogens (tertiary/aromatic N) is 1. The number of aromatic nitrogens is 1. The normalized spacial score (nSPS) is 10.8. The van der Waals surface area contributed by atoms with Gasteiger partial charge in [0.1, 0.15) is 0 Å². The first-order chi connectivity index (χ1) is 15.9. The van der Waals surface area contributed by atoms with Crippen molar-refractivity contribution in [1.82, 2.24) is 10.3 Å². The summed E-state index contributed by atoms with van der Waals surface area (Å²) in [5.74, 6) is -0.471. The number of hydrogen-bond acceptors (Lipinski definition) is 3. The predicted molar refractivity (Wildman–Crippen MR) is 133 cm³/mol. The Labute approximate surface area is 193 Å². The summed E-state index contributed by atoms with van der Waals surface area (Å²) in [7, 11) is 0. The highest BCUT2D eigenvalue weighted by atomic mass is 16.2. The number of pyridine rings is 1. The lowest BCUT2D eigenvalue weighted by atomic mass is 9.92. The van der Waals surface area contributed by atoms with Crippen LogP contribution in [-0.4, -0.2) is 23.3 Å². The molecule has 0 aliphatic heterocycles. The largest absolute Gasteiger partial charge is 0.347 e. The zero-order valence-electron chi connectivity index (χ0n) is 19.1. The topological polar surface area (TPSA) is 71.1 Å². The smallest absolute Gasteiger partial charge is 0.243 e. The Morgan fingerprint density at radius 1 is 0.788 bits per heavy atom. The molecule has 33 heavy (non-hydrogen) atoms. The van der Waals surface area contributed by atoms with E-state index in [4.69, 9.17) is 4.98 Å². The van der Waals surface area contributed by atoms with Gasteiger partial charge in [0.15, 0.2) is 0 Å². The van der Waals surface area contributed by atoms with Crippen LogP contribution in [-0.2, 0) is 16.0 Å². The molecule has 1 aromatic heterocycles. The quantitative estimate of drug-likeness (QED) is 0.440. The molecule has 0 aliphatic carbocycles. The van der Waals surface area contributed by atoms with Crippen molar-refractivity contribution < 1.29 is 9.59 Å². The van der Waals surface area contributed by atoms with Gasteiger partial charge in [-0.2, -0.15) is 0 Å². The van der Waals surface area contributed by atoms with Crippen molar-refractivity contribution in [1.29, 1.82) is 0 Å². The summed E-state index contributed by atoms with van der Waals surface area (Å²) < 4.78 is 0. The summed E-state index contributed by atoms with van der Waals surface area (Å²) in [5.41, 5.74) is 7.38.